The van der Waals surface area contributed by atoms with Crippen LogP contribution in [0.1, 0.15) is 15.9 Å². The van der Waals surface area contributed by atoms with Gasteiger partial charge in [-0.2, -0.15) is 0 Å². The highest BCUT2D eigenvalue weighted by molar-refractivity contribution is 7.18. The SMILES string of the molecule is COc1ccccc1C(=O)NC(Cc1ccccc1)C(=O)Nc1nnc(-c2ccc3c(c2)OCO3)s1. The molecule has 0 fully saturated rings. The highest BCUT2D eigenvalue weighted by atomic mass is 32.1. The van der Waals surface area contributed by atoms with Crippen LogP contribution in [-0.4, -0.2) is 42.0 Å². The zero-order valence-electron chi connectivity index (χ0n) is 19.3. The Morgan fingerprint density at radius 2 is 1.78 bits per heavy atom. The summed E-state index contributed by atoms with van der Waals surface area (Å²) in [6.45, 7) is 0.180. The average Bonchev–Trinajstić information content (AvgIpc) is 3.58. The fraction of sp³-hybridized carbons (Fsp3) is 0.154. The second-order valence-electron chi connectivity index (χ2n) is 7.89. The normalized spacial score (nSPS) is 12.6. The van der Waals surface area contributed by atoms with Crippen LogP contribution in [0.5, 0.6) is 17.2 Å². The molecule has 0 spiro atoms. The molecule has 1 aliphatic rings. The summed E-state index contributed by atoms with van der Waals surface area (Å²) < 4.78 is 16.1. The average molecular weight is 503 g/mol. The van der Waals surface area contributed by atoms with Crippen LogP contribution in [-0.2, 0) is 11.2 Å². The molecule has 10 heteroatoms. The van der Waals surface area contributed by atoms with Gasteiger partial charge >= 0.3 is 0 Å². The van der Waals surface area contributed by atoms with Gasteiger partial charge in [0.15, 0.2) is 11.5 Å². The number of rotatable bonds is 8. The number of fused-ring (bicyclic) bond motifs is 1. The molecular formula is C26H22N4O5S. The van der Waals surface area contributed by atoms with E-state index in [1.807, 2.05) is 42.5 Å². The molecule has 0 bridgehead atoms. The van der Waals surface area contributed by atoms with Gasteiger partial charge < -0.3 is 19.5 Å². The highest BCUT2D eigenvalue weighted by Gasteiger charge is 2.25. The van der Waals surface area contributed by atoms with Crippen LogP contribution in [0.4, 0.5) is 5.13 Å². The van der Waals surface area contributed by atoms with Crippen molar-refractivity contribution in [2.75, 3.05) is 19.2 Å². The number of benzene rings is 3. The van der Waals surface area contributed by atoms with Gasteiger partial charge in [-0.25, -0.2) is 0 Å². The molecule has 1 aromatic heterocycles. The van der Waals surface area contributed by atoms with Crippen molar-refractivity contribution >= 4 is 28.3 Å². The van der Waals surface area contributed by atoms with E-state index in [9.17, 15) is 9.59 Å². The van der Waals surface area contributed by atoms with Crippen molar-refractivity contribution < 1.29 is 23.8 Å². The lowest BCUT2D eigenvalue weighted by Gasteiger charge is -2.18. The largest absolute Gasteiger partial charge is 0.496 e. The van der Waals surface area contributed by atoms with Gasteiger partial charge in [-0.15, -0.1) is 10.2 Å². The highest BCUT2D eigenvalue weighted by Crippen LogP contribution is 2.37. The molecule has 5 rings (SSSR count). The predicted molar refractivity (Wildman–Crippen MR) is 134 cm³/mol. The Morgan fingerprint density at radius 1 is 1.00 bits per heavy atom. The molecule has 0 saturated carbocycles. The van der Waals surface area contributed by atoms with Gasteiger partial charge in [0.2, 0.25) is 17.8 Å². The number of amides is 2. The number of nitrogens with zero attached hydrogens (tertiary/aromatic N) is 2. The molecule has 0 radical (unpaired) electrons. The third-order valence-corrected chi connectivity index (χ3v) is 6.42. The quantitative estimate of drug-likeness (QED) is 0.376. The van der Waals surface area contributed by atoms with E-state index >= 15 is 0 Å². The van der Waals surface area contributed by atoms with Gasteiger partial charge in [0.05, 0.1) is 12.7 Å². The summed E-state index contributed by atoms with van der Waals surface area (Å²) in [5.74, 6) is 0.908. The van der Waals surface area contributed by atoms with E-state index in [1.54, 1.807) is 30.3 Å². The molecule has 1 aliphatic heterocycles. The third kappa shape index (κ3) is 5.13. The van der Waals surface area contributed by atoms with Crippen molar-refractivity contribution in [3.8, 4) is 27.8 Å². The lowest BCUT2D eigenvalue weighted by Crippen LogP contribution is -2.45. The van der Waals surface area contributed by atoms with E-state index in [0.29, 0.717) is 39.4 Å². The summed E-state index contributed by atoms with van der Waals surface area (Å²) >= 11 is 1.22. The minimum absolute atomic E-state index is 0.180. The first-order valence-corrected chi connectivity index (χ1v) is 11.9. The maximum atomic E-state index is 13.3. The summed E-state index contributed by atoms with van der Waals surface area (Å²) in [6.07, 6.45) is 0.293. The van der Waals surface area contributed by atoms with Crippen LogP contribution in [0.2, 0.25) is 0 Å². The summed E-state index contributed by atoms with van der Waals surface area (Å²) in [6, 6.07) is 20.9. The Kier molecular flexibility index (Phi) is 6.76. The van der Waals surface area contributed by atoms with E-state index in [0.717, 1.165) is 11.1 Å². The van der Waals surface area contributed by atoms with Crippen molar-refractivity contribution in [3.63, 3.8) is 0 Å². The first kappa shape index (κ1) is 23.3. The molecule has 4 aromatic rings. The Labute approximate surface area is 211 Å². The molecule has 1 atom stereocenters. The molecule has 3 aromatic carbocycles. The van der Waals surface area contributed by atoms with Crippen molar-refractivity contribution in [1.82, 2.24) is 15.5 Å². The molecule has 2 N–H and O–H groups in total. The number of anilines is 1. The summed E-state index contributed by atoms with van der Waals surface area (Å²) in [7, 11) is 1.49. The van der Waals surface area contributed by atoms with E-state index in [2.05, 4.69) is 20.8 Å². The van der Waals surface area contributed by atoms with E-state index in [1.165, 1.54) is 18.4 Å². The molecular weight excluding hydrogens is 480 g/mol. The first-order chi connectivity index (χ1) is 17.6. The smallest absolute Gasteiger partial charge is 0.255 e. The number of carbonyl (C=O) groups is 2. The zero-order valence-corrected chi connectivity index (χ0v) is 20.1. The van der Waals surface area contributed by atoms with Gasteiger partial charge in [-0.3, -0.25) is 14.9 Å². The molecule has 2 heterocycles. The third-order valence-electron chi connectivity index (χ3n) is 5.53. The first-order valence-electron chi connectivity index (χ1n) is 11.1. The Balaban J connectivity index is 1.34. The predicted octanol–water partition coefficient (Wildman–Crippen LogP) is 3.92. The summed E-state index contributed by atoms with van der Waals surface area (Å²) in [5.41, 5.74) is 2.03. The standard InChI is InChI=1S/C26H22N4O5S/c1-33-20-10-6-5-9-18(20)23(31)27-19(13-16-7-3-2-4-8-16)24(32)28-26-30-29-25(36-26)17-11-12-21-22(14-17)35-15-34-21/h2-12,14,19H,13,15H2,1H3,(H,27,31)(H,28,30,32). The molecule has 2 amide bonds. The second-order valence-corrected chi connectivity index (χ2v) is 8.86. The number of ether oxygens (including phenoxy) is 3. The topological polar surface area (TPSA) is 112 Å². The molecule has 1 unspecified atom stereocenters. The van der Waals surface area contributed by atoms with Crippen LogP contribution >= 0.6 is 11.3 Å². The van der Waals surface area contributed by atoms with Crippen LogP contribution in [0.25, 0.3) is 10.6 Å². The van der Waals surface area contributed by atoms with Gasteiger partial charge in [0.1, 0.15) is 16.8 Å². The van der Waals surface area contributed by atoms with Gasteiger partial charge in [0, 0.05) is 12.0 Å². The van der Waals surface area contributed by atoms with Gasteiger partial charge in [0.25, 0.3) is 5.91 Å². The van der Waals surface area contributed by atoms with E-state index in [4.69, 9.17) is 14.2 Å². The monoisotopic (exact) mass is 502 g/mol. The number of nitrogens with one attached hydrogen (secondary N) is 2. The Morgan fingerprint density at radius 3 is 2.61 bits per heavy atom. The van der Waals surface area contributed by atoms with Crippen LogP contribution in [0.15, 0.2) is 72.8 Å². The molecule has 0 aliphatic carbocycles. The molecule has 0 saturated heterocycles. The summed E-state index contributed by atoms with van der Waals surface area (Å²) in [5, 5.41) is 14.9. The van der Waals surface area contributed by atoms with E-state index < -0.39 is 17.9 Å². The van der Waals surface area contributed by atoms with Crippen LogP contribution < -0.4 is 24.8 Å². The second kappa shape index (κ2) is 10.4. The van der Waals surface area contributed by atoms with Crippen LogP contribution in [0, 0.1) is 0 Å². The maximum Gasteiger partial charge on any atom is 0.255 e. The maximum absolute atomic E-state index is 13.3. The molecule has 36 heavy (non-hydrogen) atoms. The van der Waals surface area contributed by atoms with Crippen molar-refractivity contribution in [1.29, 1.82) is 0 Å². The molecule has 9 nitrogen and oxygen atoms in total. The Bertz CT molecular complexity index is 1390. The minimum atomic E-state index is -0.859. The number of methoxy groups -OCH3 is 1. The van der Waals surface area contributed by atoms with Crippen LogP contribution in [0.3, 0.4) is 0 Å². The lowest BCUT2D eigenvalue weighted by atomic mass is 10.0. The number of hydrogen-bond donors (Lipinski definition) is 2. The molecule has 182 valence electrons. The van der Waals surface area contributed by atoms with E-state index in [-0.39, 0.29) is 6.79 Å². The fourth-order valence-corrected chi connectivity index (χ4v) is 4.48. The number of aromatic nitrogens is 2. The fourth-order valence-electron chi connectivity index (χ4n) is 3.74. The minimum Gasteiger partial charge on any atom is -0.496 e. The van der Waals surface area contributed by atoms with Gasteiger partial charge in [-0.1, -0.05) is 53.8 Å². The number of carbonyl (C=O) groups excluding carboxylic acids is 2. The van der Waals surface area contributed by atoms with Crippen molar-refractivity contribution in [3.05, 3.63) is 83.9 Å². The Hall–Kier alpha value is -4.44. The lowest BCUT2D eigenvalue weighted by molar-refractivity contribution is -0.118. The van der Waals surface area contributed by atoms with Gasteiger partial charge in [-0.05, 0) is 35.9 Å². The summed E-state index contributed by atoms with van der Waals surface area (Å²) in [4.78, 5) is 26.3. The van der Waals surface area contributed by atoms with Crippen molar-refractivity contribution in [2.45, 2.75) is 12.5 Å². The number of para-hydroxylation sites is 1. The van der Waals surface area contributed by atoms with Crippen molar-refractivity contribution in [2.24, 2.45) is 0 Å². The number of hydrogen-bond acceptors (Lipinski definition) is 8. The zero-order chi connectivity index (χ0) is 24.9.